The van der Waals surface area contributed by atoms with Crippen LogP contribution in [0, 0.1) is 5.92 Å². The fourth-order valence-electron chi connectivity index (χ4n) is 1.71. The van der Waals surface area contributed by atoms with Crippen LogP contribution < -0.4 is 5.32 Å². The maximum absolute atomic E-state index is 12.3. The molecular formula is C9H17F3N2. The zero-order chi connectivity index (χ0) is 10.8. The molecule has 0 radical (unpaired) electrons. The lowest BCUT2D eigenvalue weighted by Gasteiger charge is -2.19. The van der Waals surface area contributed by atoms with Gasteiger partial charge in [-0.15, -0.1) is 0 Å². The number of rotatable bonds is 3. The molecule has 14 heavy (non-hydrogen) atoms. The maximum Gasteiger partial charge on any atom is 0.393 e. The Morgan fingerprint density at radius 3 is 2.50 bits per heavy atom. The molecule has 0 spiro atoms. The van der Waals surface area contributed by atoms with Gasteiger partial charge in [-0.25, -0.2) is 0 Å². The van der Waals surface area contributed by atoms with Gasteiger partial charge in [0.2, 0.25) is 0 Å². The molecular weight excluding hydrogens is 193 g/mol. The maximum atomic E-state index is 12.3. The number of nitrogens with zero attached hydrogens (tertiary/aromatic N) is 1. The van der Waals surface area contributed by atoms with Crippen LogP contribution in [0.25, 0.3) is 0 Å². The van der Waals surface area contributed by atoms with Crippen LogP contribution in [-0.4, -0.2) is 43.8 Å². The van der Waals surface area contributed by atoms with Gasteiger partial charge in [0.1, 0.15) is 0 Å². The third kappa shape index (κ3) is 3.13. The first kappa shape index (κ1) is 11.8. The Balaban J connectivity index is 2.34. The van der Waals surface area contributed by atoms with Crippen molar-refractivity contribution in [2.45, 2.75) is 25.6 Å². The quantitative estimate of drug-likeness (QED) is 0.759. The van der Waals surface area contributed by atoms with Gasteiger partial charge in [0.25, 0.3) is 0 Å². The molecule has 84 valence electrons. The second-order valence-electron chi connectivity index (χ2n) is 3.93. The van der Waals surface area contributed by atoms with Crippen molar-refractivity contribution in [3.8, 4) is 0 Å². The number of halogens is 3. The summed E-state index contributed by atoms with van der Waals surface area (Å²) in [6.45, 7) is 3.64. The summed E-state index contributed by atoms with van der Waals surface area (Å²) in [7, 11) is 1.92. The van der Waals surface area contributed by atoms with Gasteiger partial charge >= 0.3 is 6.18 Å². The molecule has 2 atom stereocenters. The molecule has 0 saturated carbocycles. The molecule has 2 unspecified atom stereocenters. The van der Waals surface area contributed by atoms with Gasteiger partial charge in [-0.3, -0.25) is 0 Å². The van der Waals surface area contributed by atoms with E-state index < -0.39 is 12.1 Å². The molecule has 0 amide bonds. The molecule has 0 aromatic carbocycles. The second-order valence-corrected chi connectivity index (χ2v) is 3.93. The Hall–Kier alpha value is -0.290. The third-order valence-corrected chi connectivity index (χ3v) is 2.76. The van der Waals surface area contributed by atoms with Crippen molar-refractivity contribution in [1.29, 1.82) is 0 Å². The Bertz CT molecular complexity index is 181. The Kier molecular flexibility index (Phi) is 3.78. The highest BCUT2D eigenvalue weighted by Gasteiger charge is 2.43. The molecule has 1 aliphatic heterocycles. The first-order valence-electron chi connectivity index (χ1n) is 4.92. The predicted octanol–water partition coefficient (Wildman–Crippen LogP) is 1.48. The van der Waals surface area contributed by atoms with Crippen molar-refractivity contribution >= 4 is 0 Å². The van der Waals surface area contributed by atoms with Gasteiger partial charge in [0.05, 0.1) is 5.92 Å². The first-order chi connectivity index (χ1) is 6.43. The smallest absolute Gasteiger partial charge is 0.312 e. The van der Waals surface area contributed by atoms with Gasteiger partial charge < -0.3 is 10.2 Å². The van der Waals surface area contributed by atoms with E-state index in [4.69, 9.17) is 0 Å². The van der Waals surface area contributed by atoms with E-state index >= 15 is 0 Å². The van der Waals surface area contributed by atoms with Crippen molar-refractivity contribution in [2.24, 2.45) is 5.92 Å². The molecule has 1 saturated heterocycles. The lowest BCUT2D eigenvalue weighted by molar-refractivity contribution is -0.169. The lowest BCUT2D eigenvalue weighted by atomic mass is 10.1. The normalized spacial score (nSPS) is 28.7. The molecule has 1 fully saturated rings. The molecule has 0 aromatic heterocycles. The van der Waals surface area contributed by atoms with Crippen molar-refractivity contribution in [3.63, 3.8) is 0 Å². The van der Waals surface area contributed by atoms with Crippen LogP contribution in [0.2, 0.25) is 0 Å². The largest absolute Gasteiger partial charge is 0.393 e. The van der Waals surface area contributed by atoms with Gasteiger partial charge in [-0.1, -0.05) is 6.92 Å². The topological polar surface area (TPSA) is 15.3 Å². The van der Waals surface area contributed by atoms with Crippen LogP contribution >= 0.6 is 0 Å². The number of hydrogen-bond acceptors (Lipinski definition) is 2. The molecule has 2 nitrogen and oxygen atoms in total. The zero-order valence-electron chi connectivity index (χ0n) is 8.56. The monoisotopic (exact) mass is 210 g/mol. The van der Waals surface area contributed by atoms with Gasteiger partial charge in [0, 0.05) is 19.1 Å². The Morgan fingerprint density at radius 1 is 1.43 bits per heavy atom. The lowest BCUT2D eigenvalue weighted by Crippen LogP contribution is -2.35. The van der Waals surface area contributed by atoms with Gasteiger partial charge in [-0.2, -0.15) is 13.2 Å². The molecule has 1 N–H and O–H groups in total. The highest BCUT2D eigenvalue weighted by molar-refractivity contribution is 4.86. The van der Waals surface area contributed by atoms with E-state index in [0.717, 1.165) is 6.54 Å². The SMILES string of the molecule is CCN(C)CC1CC(C(F)(F)F)CN1. The van der Waals surface area contributed by atoms with Crippen LogP contribution in [0.4, 0.5) is 13.2 Å². The minimum Gasteiger partial charge on any atom is -0.312 e. The average Bonchev–Trinajstić information content (AvgIpc) is 2.51. The summed E-state index contributed by atoms with van der Waals surface area (Å²) in [4.78, 5) is 2.02. The highest BCUT2D eigenvalue weighted by atomic mass is 19.4. The van der Waals surface area contributed by atoms with Gasteiger partial charge in [0.15, 0.2) is 0 Å². The molecule has 1 aliphatic rings. The minimum absolute atomic E-state index is 0.00780. The van der Waals surface area contributed by atoms with E-state index in [1.807, 2.05) is 18.9 Å². The standard InChI is InChI=1S/C9H17F3N2/c1-3-14(2)6-8-4-7(5-13-8)9(10,11)12/h7-8,13H,3-6H2,1-2H3. The third-order valence-electron chi connectivity index (χ3n) is 2.76. The summed E-state index contributed by atoms with van der Waals surface area (Å²) in [5, 5.41) is 2.92. The summed E-state index contributed by atoms with van der Waals surface area (Å²) in [5.74, 6) is -1.15. The highest BCUT2D eigenvalue weighted by Crippen LogP contribution is 2.32. The van der Waals surface area contributed by atoms with Crippen LogP contribution in [0.1, 0.15) is 13.3 Å². The fraction of sp³-hybridized carbons (Fsp3) is 1.00. The summed E-state index contributed by atoms with van der Waals surface area (Å²) in [6.07, 6.45) is -3.82. The van der Waals surface area contributed by atoms with Gasteiger partial charge in [-0.05, 0) is 20.0 Å². The molecule has 1 heterocycles. The minimum atomic E-state index is -4.04. The molecule has 0 bridgehead atoms. The van der Waals surface area contributed by atoms with Crippen molar-refractivity contribution in [3.05, 3.63) is 0 Å². The van der Waals surface area contributed by atoms with E-state index in [1.165, 1.54) is 0 Å². The number of nitrogens with one attached hydrogen (secondary N) is 1. The average molecular weight is 210 g/mol. The van der Waals surface area contributed by atoms with Crippen LogP contribution in [0.3, 0.4) is 0 Å². The molecule has 1 rings (SSSR count). The van der Waals surface area contributed by atoms with Crippen molar-refractivity contribution in [2.75, 3.05) is 26.7 Å². The number of likely N-dealkylation sites (N-methyl/N-ethyl adjacent to an activating group) is 1. The van der Waals surface area contributed by atoms with Crippen LogP contribution in [-0.2, 0) is 0 Å². The van der Waals surface area contributed by atoms with Crippen molar-refractivity contribution < 1.29 is 13.2 Å². The van der Waals surface area contributed by atoms with E-state index in [0.29, 0.717) is 6.54 Å². The van der Waals surface area contributed by atoms with E-state index in [1.54, 1.807) is 0 Å². The summed E-state index contributed by atoms with van der Waals surface area (Å²) in [6, 6.07) is -0.00780. The van der Waals surface area contributed by atoms with E-state index in [2.05, 4.69) is 5.32 Å². The first-order valence-corrected chi connectivity index (χ1v) is 4.92. The summed E-state index contributed by atoms with van der Waals surface area (Å²) >= 11 is 0. The molecule has 5 heteroatoms. The summed E-state index contributed by atoms with van der Waals surface area (Å²) < 4.78 is 36.9. The zero-order valence-corrected chi connectivity index (χ0v) is 8.56. The second kappa shape index (κ2) is 4.49. The molecule has 0 aliphatic carbocycles. The fourth-order valence-corrected chi connectivity index (χ4v) is 1.71. The van der Waals surface area contributed by atoms with Crippen LogP contribution in [0.5, 0.6) is 0 Å². The Labute approximate surface area is 82.5 Å². The van der Waals surface area contributed by atoms with Crippen LogP contribution in [0.15, 0.2) is 0 Å². The Morgan fingerprint density at radius 2 is 2.07 bits per heavy atom. The molecule has 0 aromatic rings. The predicted molar refractivity (Wildman–Crippen MR) is 49.1 cm³/mol. The van der Waals surface area contributed by atoms with E-state index in [9.17, 15) is 13.2 Å². The summed E-state index contributed by atoms with van der Waals surface area (Å²) in [5.41, 5.74) is 0. The number of alkyl halides is 3. The number of hydrogen-bond donors (Lipinski definition) is 1. The van der Waals surface area contributed by atoms with E-state index in [-0.39, 0.29) is 19.0 Å². The van der Waals surface area contributed by atoms with Crippen molar-refractivity contribution in [1.82, 2.24) is 10.2 Å².